The van der Waals surface area contributed by atoms with Gasteiger partial charge in [-0.25, -0.2) is 0 Å². The number of carbonyl (C=O) groups is 1. The Bertz CT molecular complexity index is 536. The average Bonchev–Trinajstić information content (AvgIpc) is 2.49. The lowest BCUT2D eigenvalue weighted by atomic mass is 10.1. The zero-order valence-corrected chi connectivity index (χ0v) is 12.4. The Balaban J connectivity index is 2.25. The molecular formula is C16H16BrNO. The largest absolute Gasteiger partial charge is 0.309 e. The van der Waals surface area contributed by atoms with Gasteiger partial charge in [-0.1, -0.05) is 46.3 Å². The van der Waals surface area contributed by atoms with Crippen LogP contribution in [0.2, 0.25) is 0 Å². The first-order valence-corrected chi connectivity index (χ1v) is 7.40. The molecule has 0 fully saturated rings. The molecule has 2 aromatic carbocycles. The molecule has 98 valence electrons. The van der Waals surface area contributed by atoms with Crippen LogP contribution in [-0.2, 0) is 5.33 Å². The van der Waals surface area contributed by atoms with E-state index in [9.17, 15) is 4.79 Å². The molecule has 0 atom stereocenters. The Kier molecular flexibility index (Phi) is 4.74. The second-order valence-corrected chi connectivity index (χ2v) is 4.78. The number of para-hydroxylation sites is 1. The van der Waals surface area contributed by atoms with E-state index in [2.05, 4.69) is 15.9 Å². The molecule has 2 nitrogen and oxygen atoms in total. The molecule has 19 heavy (non-hydrogen) atoms. The molecule has 0 bridgehead atoms. The maximum absolute atomic E-state index is 12.5. The molecule has 0 heterocycles. The van der Waals surface area contributed by atoms with E-state index in [4.69, 9.17) is 0 Å². The average molecular weight is 318 g/mol. The normalized spacial score (nSPS) is 10.2. The van der Waals surface area contributed by atoms with Gasteiger partial charge in [0, 0.05) is 23.1 Å². The number of rotatable bonds is 4. The Hall–Kier alpha value is -1.61. The van der Waals surface area contributed by atoms with Crippen molar-refractivity contribution in [2.75, 3.05) is 11.4 Å². The highest BCUT2D eigenvalue weighted by atomic mass is 79.9. The maximum Gasteiger partial charge on any atom is 0.258 e. The number of hydrogen-bond donors (Lipinski definition) is 0. The predicted molar refractivity (Wildman–Crippen MR) is 82.9 cm³/mol. The molecule has 0 radical (unpaired) electrons. The summed E-state index contributed by atoms with van der Waals surface area (Å²) in [6.07, 6.45) is 0. The van der Waals surface area contributed by atoms with Crippen molar-refractivity contribution in [2.24, 2.45) is 0 Å². The van der Waals surface area contributed by atoms with Crippen molar-refractivity contribution in [3.63, 3.8) is 0 Å². The third kappa shape index (κ3) is 3.24. The fourth-order valence-corrected chi connectivity index (χ4v) is 2.32. The monoisotopic (exact) mass is 317 g/mol. The number of nitrogens with zero attached hydrogens (tertiary/aromatic N) is 1. The Morgan fingerprint density at radius 2 is 1.68 bits per heavy atom. The standard InChI is InChI=1S/C16H16BrNO/c1-2-18(15-6-4-3-5-7-15)16(19)14-10-8-13(12-17)9-11-14/h3-11H,2,12H2,1H3. The minimum atomic E-state index is 0.0369. The van der Waals surface area contributed by atoms with Crippen molar-refractivity contribution in [1.29, 1.82) is 0 Å². The molecule has 0 N–H and O–H groups in total. The topological polar surface area (TPSA) is 20.3 Å². The molecule has 0 aliphatic rings. The first kappa shape index (κ1) is 13.8. The number of anilines is 1. The third-order valence-corrected chi connectivity index (χ3v) is 3.63. The molecule has 0 aliphatic carbocycles. The summed E-state index contributed by atoms with van der Waals surface area (Å²) in [7, 11) is 0. The number of alkyl halides is 1. The van der Waals surface area contributed by atoms with Gasteiger partial charge in [0.15, 0.2) is 0 Å². The smallest absolute Gasteiger partial charge is 0.258 e. The highest BCUT2D eigenvalue weighted by Gasteiger charge is 2.15. The van der Waals surface area contributed by atoms with Crippen molar-refractivity contribution in [2.45, 2.75) is 12.3 Å². The number of amides is 1. The fourth-order valence-electron chi connectivity index (χ4n) is 1.94. The minimum Gasteiger partial charge on any atom is -0.309 e. The highest BCUT2D eigenvalue weighted by molar-refractivity contribution is 9.08. The lowest BCUT2D eigenvalue weighted by Crippen LogP contribution is -2.30. The van der Waals surface area contributed by atoms with Gasteiger partial charge in [0.05, 0.1) is 0 Å². The number of halogens is 1. The van der Waals surface area contributed by atoms with Crippen molar-refractivity contribution < 1.29 is 4.79 Å². The van der Waals surface area contributed by atoms with Crippen molar-refractivity contribution in [3.8, 4) is 0 Å². The fraction of sp³-hybridized carbons (Fsp3) is 0.188. The van der Waals surface area contributed by atoms with Crippen LogP contribution in [0.15, 0.2) is 54.6 Å². The van der Waals surface area contributed by atoms with E-state index in [1.807, 2.05) is 61.5 Å². The van der Waals surface area contributed by atoms with Gasteiger partial charge in [-0.15, -0.1) is 0 Å². The van der Waals surface area contributed by atoms with Gasteiger partial charge in [-0.2, -0.15) is 0 Å². The van der Waals surface area contributed by atoms with Gasteiger partial charge in [-0.3, -0.25) is 4.79 Å². The van der Waals surface area contributed by atoms with Crippen LogP contribution in [0.4, 0.5) is 5.69 Å². The summed E-state index contributed by atoms with van der Waals surface area (Å²) in [5, 5.41) is 0.803. The van der Waals surface area contributed by atoms with Gasteiger partial charge in [0.25, 0.3) is 5.91 Å². The highest BCUT2D eigenvalue weighted by Crippen LogP contribution is 2.17. The molecule has 0 spiro atoms. The molecule has 0 aliphatic heterocycles. The molecule has 0 saturated heterocycles. The zero-order chi connectivity index (χ0) is 13.7. The van der Waals surface area contributed by atoms with E-state index in [-0.39, 0.29) is 5.91 Å². The molecule has 0 aromatic heterocycles. The van der Waals surface area contributed by atoms with E-state index in [1.165, 1.54) is 5.56 Å². The van der Waals surface area contributed by atoms with Crippen LogP contribution in [-0.4, -0.2) is 12.5 Å². The van der Waals surface area contributed by atoms with Crippen LogP contribution >= 0.6 is 15.9 Å². The van der Waals surface area contributed by atoms with Crippen LogP contribution in [0.5, 0.6) is 0 Å². The lowest BCUT2D eigenvalue weighted by Gasteiger charge is -2.21. The Morgan fingerprint density at radius 3 is 2.21 bits per heavy atom. The number of benzene rings is 2. The van der Waals surface area contributed by atoms with Gasteiger partial charge in [0.1, 0.15) is 0 Å². The summed E-state index contributed by atoms with van der Waals surface area (Å²) in [5.41, 5.74) is 2.81. The molecular weight excluding hydrogens is 302 g/mol. The number of carbonyl (C=O) groups excluding carboxylic acids is 1. The second-order valence-electron chi connectivity index (χ2n) is 4.22. The molecule has 0 unspecified atom stereocenters. The van der Waals surface area contributed by atoms with E-state index in [1.54, 1.807) is 4.90 Å². The van der Waals surface area contributed by atoms with Crippen LogP contribution in [0, 0.1) is 0 Å². The summed E-state index contributed by atoms with van der Waals surface area (Å²) in [5.74, 6) is 0.0369. The first-order chi connectivity index (χ1) is 9.26. The van der Waals surface area contributed by atoms with E-state index >= 15 is 0 Å². The van der Waals surface area contributed by atoms with Crippen LogP contribution < -0.4 is 4.90 Å². The van der Waals surface area contributed by atoms with Crippen LogP contribution in [0.25, 0.3) is 0 Å². The molecule has 2 rings (SSSR count). The van der Waals surface area contributed by atoms with Crippen molar-refractivity contribution >= 4 is 27.5 Å². The minimum absolute atomic E-state index is 0.0369. The van der Waals surface area contributed by atoms with Crippen LogP contribution in [0.1, 0.15) is 22.8 Å². The summed E-state index contributed by atoms with van der Waals surface area (Å²) >= 11 is 3.40. The van der Waals surface area contributed by atoms with E-state index < -0.39 is 0 Å². The molecule has 1 amide bonds. The van der Waals surface area contributed by atoms with E-state index in [0.29, 0.717) is 6.54 Å². The van der Waals surface area contributed by atoms with Crippen LogP contribution in [0.3, 0.4) is 0 Å². The Morgan fingerprint density at radius 1 is 1.05 bits per heavy atom. The summed E-state index contributed by atoms with van der Waals surface area (Å²) < 4.78 is 0. The zero-order valence-electron chi connectivity index (χ0n) is 10.8. The summed E-state index contributed by atoms with van der Waals surface area (Å²) in [6, 6.07) is 17.4. The predicted octanol–water partition coefficient (Wildman–Crippen LogP) is 4.25. The number of hydrogen-bond acceptors (Lipinski definition) is 1. The quantitative estimate of drug-likeness (QED) is 0.772. The van der Waals surface area contributed by atoms with Crippen molar-refractivity contribution in [3.05, 3.63) is 65.7 Å². The lowest BCUT2D eigenvalue weighted by molar-refractivity contribution is 0.0988. The third-order valence-electron chi connectivity index (χ3n) is 2.98. The second kappa shape index (κ2) is 6.53. The first-order valence-electron chi connectivity index (χ1n) is 6.28. The SMILES string of the molecule is CCN(C(=O)c1ccc(CBr)cc1)c1ccccc1. The maximum atomic E-state index is 12.5. The van der Waals surface area contributed by atoms with Gasteiger partial charge in [0.2, 0.25) is 0 Å². The molecule has 0 saturated carbocycles. The summed E-state index contributed by atoms with van der Waals surface area (Å²) in [6.45, 7) is 2.64. The van der Waals surface area contributed by atoms with Gasteiger partial charge in [-0.05, 0) is 36.8 Å². The molecule has 3 heteroatoms. The van der Waals surface area contributed by atoms with Crippen molar-refractivity contribution in [1.82, 2.24) is 0 Å². The van der Waals surface area contributed by atoms with Gasteiger partial charge < -0.3 is 4.90 Å². The summed E-state index contributed by atoms with van der Waals surface area (Å²) in [4.78, 5) is 14.3. The van der Waals surface area contributed by atoms with E-state index in [0.717, 1.165) is 16.6 Å². The molecule has 2 aromatic rings. The Labute approximate surface area is 122 Å². The van der Waals surface area contributed by atoms with Gasteiger partial charge >= 0.3 is 0 Å².